The Hall–Kier alpha value is -2.78. The van der Waals surface area contributed by atoms with Crippen LogP contribution in [0, 0.1) is 0 Å². The van der Waals surface area contributed by atoms with Crippen molar-refractivity contribution in [1.82, 2.24) is 15.3 Å². The van der Waals surface area contributed by atoms with Crippen molar-refractivity contribution >= 4 is 57.6 Å². The maximum Gasteiger partial charge on any atom is 0.243 e. The summed E-state index contributed by atoms with van der Waals surface area (Å²) < 4.78 is 16.2. The van der Waals surface area contributed by atoms with E-state index < -0.39 is 0 Å². The molecule has 0 saturated carbocycles. The minimum Gasteiger partial charge on any atom is -0.495 e. The molecule has 1 fully saturated rings. The third-order valence-corrected chi connectivity index (χ3v) is 6.48. The van der Waals surface area contributed by atoms with Crippen molar-refractivity contribution in [3.05, 3.63) is 52.1 Å². The number of nitrogens with one attached hydrogen (secondary N) is 2. The number of halogens is 3. The second-order valence-corrected chi connectivity index (χ2v) is 8.64. The minimum atomic E-state index is -0.271. The van der Waals surface area contributed by atoms with E-state index in [9.17, 15) is 4.79 Å². The van der Waals surface area contributed by atoms with Gasteiger partial charge in [0.1, 0.15) is 11.5 Å². The molecule has 0 spiro atoms. The predicted molar refractivity (Wildman–Crippen MR) is 133 cm³/mol. The Bertz CT molecular complexity index is 1240. The summed E-state index contributed by atoms with van der Waals surface area (Å²) >= 11 is 19.8. The van der Waals surface area contributed by atoms with E-state index in [1.807, 2.05) is 0 Å². The quantitative estimate of drug-likeness (QED) is 0.431. The third kappa shape index (κ3) is 4.72. The first-order valence-electron chi connectivity index (χ1n) is 10.2. The monoisotopic (exact) mass is 522 g/mol. The van der Waals surface area contributed by atoms with Gasteiger partial charge in [0.05, 0.1) is 60.1 Å². The van der Waals surface area contributed by atoms with Crippen LogP contribution in [0.4, 0.5) is 5.95 Å². The lowest BCUT2D eigenvalue weighted by Gasteiger charge is -2.20. The van der Waals surface area contributed by atoms with Crippen molar-refractivity contribution in [3.63, 3.8) is 0 Å². The molecule has 2 atom stereocenters. The molecule has 1 aliphatic heterocycles. The number of anilines is 1. The molecule has 8 nitrogen and oxygen atoms in total. The van der Waals surface area contributed by atoms with Gasteiger partial charge in [-0.2, -0.15) is 0 Å². The maximum atomic E-state index is 11.7. The van der Waals surface area contributed by atoms with Crippen LogP contribution in [0.3, 0.4) is 0 Å². The smallest absolute Gasteiger partial charge is 0.243 e. The molecule has 11 heteroatoms. The molecule has 2 aromatic carbocycles. The Morgan fingerprint density at radius 3 is 2.44 bits per heavy atom. The minimum absolute atomic E-state index is 0.196. The molecule has 34 heavy (non-hydrogen) atoms. The fraction of sp³-hybridized carbons (Fsp3) is 0.261. The summed E-state index contributed by atoms with van der Waals surface area (Å²) in [4.78, 5) is 20.6. The van der Waals surface area contributed by atoms with E-state index in [0.29, 0.717) is 62.4 Å². The lowest BCUT2D eigenvalue weighted by molar-refractivity contribution is -0.117. The molecule has 1 aromatic heterocycles. The van der Waals surface area contributed by atoms with Crippen LogP contribution in [0.25, 0.3) is 22.0 Å². The molecule has 0 aliphatic carbocycles. The average molecular weight is 524 g/mol. The van der Waals surface area contributed by atoms with Crippen LogP contribution in [-0.4, -0.2) is 55.4 Å². The Morgan fingerprint density at radius 2 is 1.79 bits per heavy atom. The number of ether oxygens (including phenoxy) is 3. The molecular formula is C23H21Cl3N4O4. The highest BCUT2D eigenvalue weighted by Gasteiger charge is 2.30. The molecule has 2 heterocycles. The first-order chi connectivity index (χ1) is 16.4. The van der Waals surface area contributed by atoms with Crippen LogP contribution >= 0.6 is 34.8 Å². The zero-order valence-electron chi connectivity index (χ0n) is 18.3. The van der Waals surface area contributed by atoms with E-state index in [-0.39, 0.29) is 18.0 Å². The second-order valence-electron chi connectivity index (χ2n) is 7.48. The molecule has 1 aliphatic rings. The molecule has 4 rings (SSSR count). The number of hydrogen-bond acceptors (Lipinski definition) is 7. The zero-order valence-corrected chi connectivity index (χ0v) is 20.6. The van der Waals surface area contributed by atoms with Crippen LogP contribution < -0.4 is 20.1 Å². The van der Waals surface area contributed by atoms with Crippen LogP contribution in [-0.2, 0) is 9.53 Å². The summed E-state index contributed by atoms with van der Waals surface area (Å²) in [6.45, 7) is 4.25. The van der Waals surface area contributed by atoms with E-state index in [1.54, 1.807) is 24.4 Å². The Kier molecular flexibility index (Phi) is 7.33. The molecule has 178 valence electrons. The molecule has 2 N–H and O–H groups in total. The first-order valence-corrected chi connectivity index (χ1v) is 11.3. The fourth-order valence-corrected chi connectivity index (χ4v) is 4.64. The fourth-order valence-electron chi connectivity index (χ4n) is 3.68. The molecule has 1 amide bonds. The Morgan fingerprint density at radius 1 is 1.12 bits per heavy atom. The van der Waals surface area contributed by atoms with E-state index in [4.69, 9.17) is 49.0 Å². The van der Waals surface area contributed by atoms with Gasteiger partial charge in [0.2, 0.25) is 11.9 Å². The summed E-state index contributed by atoms with van der Waals surface area (Å²) in [5.41, 5.74) is 1.68. The SMILES string of the molecule is C=CC(=O)NC1COCC1Nc1ncc2cc(-c3c(Cl)c(OC)cc(OC)c3Cl)c(Cl)cc2n1. The van der Waals surface area contributed by atoms with Gasteiger partial charge in [-0.3, -0.25) is 4.79 Å². The summed E-state index contributed by atoms with van der Waals surface area (Å²) in [6.07, 6.45) is 2.88. The first kappa shape index (κ1) is 24.3. The lowest BCUT2D eigenvalue weighted by Crippen LogP contribution is -2.45. The van der Waals surface area contributed by atoms with Crippen molar-refractivity contribution in [1.29, 1.82) is 0 Å². The summed E-state index contributed by atoms with van der Waals surface area (Å²) in [5.74, 6) is 0.917. The molecule has 3 aromatic rings. The summed E-state index contributed by atoms with van der Waals surface area (Å²) in [7, 11) is 3.01. The summed E-state index contributed by atoms with van der Waals surface area (Å²) in [5, 5.41) is 7.77. The summed E-state index contributed by atoms with van der Waals surface area (Å²) in [6, 6.07) is 4.70. The molecule has 1 saturated heterocycles. The van der Waals surface area contributed by atoms with Gasteiger partial charge in [-0.15, -0.1) is 0 Å². The van der Waals surface area contributed by atoms with Gasteiger partial charge in [0.15, 0.2) is 0 Å². The van der Waals surface area contributed by atoms with Crippen LogP contribution in [0.5, 0.6) is 11.5 Å². The van der Waals surface area contributed by atoms with Crippen LogP contribution in [0.2, 0.25) is 15.1 Å². The number of carbonyl (C=O) groups excluding carboxylic acids is 1. The van der Waals surface area contributed by atoms with E-state index in [2.05, 4.69) is 27.2 Å². The number of nitrogens with zero attached hydrogens (tertiary/aromatic N) is 2. The zero-order chi connectivity index (χ0) is 24.4. The molecule has 0 bridgehead atoms. The third-order valence-electron chi connectivity index (χ3n) is 5.42. The van der Waals surface area contributed by atoms with Gasteiger partial charge in [-0.1, -0.05) is 41.4 Å². The van der Waals surface area contributed by atoms with Crippen molar-refractivity contribution in [3.8, 4) is 22.6 Å². The van der Waals surface area contributed by atoms with Crippen molar-refractivity contribution < 1.29 is 19.0 Å². The van der Waals surface area contributed by atoms with Gasteiger partial charge in [0, 0.05) is 28.8 Å². The van der Waals surface area contributed by atoms with E-state index in [0.717, 1.165) is 5.39 Å². The number of amides is 1. The van der Waals surface area contributed by atoms with Gasteiger partial charge < -0.3 is 24.8 Å². The van der Waals surface area contributed by atoms with Crippen molar-refractivity contribution in [2.45, 2.75) is 12.1 Å². The molecular weight excluding hydrogens is 503 g/mol. The second kappa shape index (κ2) is 10.2. The van der Waals surface area contributed by atoms with Gasteiger partial charge in [-0.25, -0.2) is 9.97 Å². The van der Waals surface area contributed by atoms with Crippen LogP contribution in [0.15, 0.2) is 37.1 Å². The number of aromatic nitrogens is 2. The van der Waals surface area contributed by atoms with E-state index >= 15 is 0 Å². The highest BCUT2D eigenvalue weighted by Crippen LogP contribution is 2.48. The standard InChI is InChI=1S/C23H21Cl3N4O4/c1-4-19(31)28-15-9-34-10-16(15)30-23-27-8-11-5-12(13(24)6-14(11)29-23)20-21(25)17(32-2)7-18(33-3)22(20)26/h4-8,15-16H,1,9-10H2,2-3H3,(H,28,31)(H,27,29,30). The average Bonchev–Trinajstić information content (AvgIpc) is 3.25. The van der Waals surface area contributed by atoms with Crippen LogP contribution in [0.1, 0.15) is 0 Å². The lowest BCUT2D eigenvalue weighted by atomic mass is 10.0. The largest absolute Gasteiger partial charge is 0.495 e. The van der Waals surface area contributed by atoms with Gasteiger partial charge >= 0.3 is 0 Å². The molecule has 0 radical (unpaired) electrons. The predicted octanol–water partition coefficient (Wildman–Crippen LogP) is 4.76. The Labute approximate surface area is 211 Å². The number of benzene rings is 2. The van der Waals surface area contributed by atoms with Crippen molar-refractivity contribution in [2.24, 2.45) is 0 Å². The topological polar surface area (TPSA) is 94.6 Å². The van der Waals surface area contributed by atoms with E-state index in [1.165, 1.54) is 20.3 Å². The number of rotatable bonds is 7. The van der Waals surface area contributed by atoms with Gasteiger partial charge in [0.25, 0.3) is 0 Å². The maximum absolute atomic E-state index is 11.7. The number of methoxy groups -OCH3 is 2. The number of hydrogen-bond donors (Lipinski definition) is 2. The highest BCUT2D eigenvalue weighted by atomic mass is 35.5. The number of carbonyl (C=O) groups is 1. The molecule has 2 unspecified atom stereocenters. The number of fused-ring (bicyclic) bond motifs is 1. The normalized spacial score (nSPS) is 17.4. The van der Waals surface area contributed by atoms with Crippen molar-refractivity contribution in [2.75, 3.05) is 32.8 Å². The highest BCUT2D eigenvalue weighted by molar-refractivity contribution is 6.43. The Balaban J connectivity index is 1.68. The van der Waals surface area contributed by atoms with Gasteiger partial charge in [-0.05, 0) is 18.2 Å².